The standard InChI is InChI=1S/C22H26FN3O3/c1-29-18-8-6-16(7-9-18)10-13-24-22(28)25-17-11-14-26(15-12-17)21(27)19-4-2-3-5-20(19)23/h2-9,17H,10-15H2,1H3,(H2,24,25,28). The summed E-state index contributed by atoms with van der Waals surface area (Å²) >= 11 is 0. The molecule has 0 spiro atoms. The number of rotatable bonds is 6. The van der Waals surface area contributed by atoms with Crippen molar-refractivity contribution >= 4 is 11.9 Å². The van der Waals surface area contributed by atoms with E-state index in [0.717, 1.165) is 17.7 Å². The van der Waals surface area contributed by atoms with Gasteiger partial charge in [0.25, 0.3) is 5.91 Å². The van der Waals surface area contributed by atoms with Gasteiger partial charge in [-0.2, -0.15) is 0 Å². The first kappa shape index (κ1) is 20.6. The van der Waals surface area contributed by atoms with E-state index in [1.165, 1.54) is 12.1 Å². The third-order valence-corrected chi connectivity index (χ3v) is 5.08. The number of hydrogen-bond acceptors (Lipinski definition) is 3. The van der Waals surface area contributed by atoms with Gasteiger partial charge in [-0.15, -0.1) is 0 Å². The van der Waals surface area contributed by atoms with Crippen LogP contribution in [-0.4, -0.2) is 49.6 Å². The van der Waals surface area contributed by atoms with Crippen molar-refractivity contribution in [2.45, 2.75) is 25.3 Å². The van der Waals surface area contributed by atoms with Crippen molar-refractivity contribution in [2.24, 2.45) is 0 Å². The summed E-state index contributed by atoms with van der Waals surface area (Å²) in [5, 5.41) is 5.81. The summed E-state index contributed by atoms with van der Waals surface area (Å²) in [5.41, 5.74) is 1.21. The number of benzene rings is 2. The second-order valence-corrected chi connectivity index (χ2v) is 7.04. The fourth-order valence-corrected chi connectivity index (χ4v) is 3.38. The molecule has 2 aromatic rings. The molecule has 0 saturated carbocycles. The van der Waals surface area contributed by atoms with E-state index in [1.807, 2.05) is 24.3 Å². The number of piperidine rings is 1. The molecule has 0 radical (unpaired) electrons. The van der Waals surface area contributed by atoms with Gasteiger partial charge in [0.2, 0.25) is 0 Å². The average molecular weight is 399 g/mol. The van der Waals surface area contributed by atoms with Gasteiger partial charge in [-0.3, -0.25) is 4.79 Å². The van der Waals surface area contributed by atoms with Crippen LogP contribution in [0.5, 0.6) is 5.75 Å². The fraction of sp³-hybridized carbons (Fsp3) is 0.364. The van der Waals surface area contributed by atoms with Gasteiger partial charge in [0.1, 0.15) is 11.6 Å². The lowest BCUT2D eigenvalue weighted by Gasteiger charge is -2.32. The summed E-state index contributed by atoms with van der Waals surface area (Å²) in [5.74, 6) is -0.00115. The molecule has 1 aliphatic heterocycles. The van der Waals surface area contributed by atoms with Crippen molar-refractivity contribution in [1.29, 1.82) is 0 Å². The smallest absolute Gasteiger partial charge is 0.315 e. The highest BCUT2D eigenvalue weighted by molar-refractivity contribution is 5.94. The average Bonchev–Trinajstić information content (AvgIpc) is 2.74. The molecule has 1 saturated heterocycles. The Balaban J connectivity index is 1.38. The minimum atomic E-state index is -0.506. The first-order chi connectivity index (χ1) is 14.1. The van der Waals surface area contributed by atoms with Crippen LogP contribution >= 0.6 is 0 Å². The number of hydrogen-bond donors (Lipinski definition) is 2. The maximum Gasteiger partial charge on any atom is 0.315 e. The Morgan fingerprint density at radius 3 is 2.45 bits per heavy atom. The van der Waals surface area contributed by atoms with E-state index in [4.69, 9.17) is 4.74 Å². The largest absolute Gasteiger partial charge is 0.497 e. The monoisotopic (exact) mass is 399 g/mol. The van der Waals surface area contributed by atoms with E-state index < -0.39 is 5.82 Å². The van der Waals surface area contributed by atoms with E-state index in [1.54, 1.807) is 24.1 Å². The van der Waals surface area contributed by atoms with Gasteiger partial charge < -0.3 is 20.3 Å². The molecule has 3 rings (SSSR count). The van der Waals surface area contributed by atoms with Gasteiger partial charge in [-0.1, -0.05) is 24.3 Å². The van der Waals surface area contributed by atoms with E-state index in [9.17, 15) is 14.0 Å². The number of amides is 3. The van der Waals surface area contributed by atoms with E-state index >= 15 is 0 Å². The topological polar surface area (TPSA) is 70.7 Å². The molecule has 2 aromatic carbocycles. The van der Waals surface area contributed by atoms with Gasteiger partial charge >= 0.3 is 6.03 Å². The summed E-state index contributed by atoms with van der Waals surface area (Å²) in [6, 6.07) is 13.5. The molecule has 3 amide bonds. The van der Waals surface area contributed by atoms with Crippen LogP contribution in [0.25, 0.3) is 0 Å². The van der Waals surface area contributed by atoms with Crippen molar-refractivity contribution in [3.05, 3.63) is 65.5 Å². The van der Waals surface area contributed by atoms with Crippen LogP contribution in [0.1, 0.15) is 28.8 Å². The fourth-order valence-electron chi connectivity index (χ4n) is 3.38. The van der Waals surface area contributed by atoms with Crippen LogP contribution in [0, 0.1) is 5.82 Å². The highest BCUT2D eigenvalue weighted by atomic mass is 19.1. The summed E-state index contributed by atoms with van der Waals surface area (Å²) in [6.07, 6.45) is 2.02. The van der Waals surface area contributed by atoms with Gasteiger partial charge in [-0.25, -0.2) is 9.18 Å². The highest BCUT2D eigenvalue weighted by Gasteiger charge is 2.25. The lowest BCUT2D eigenvalue weighted by Crippen LogP contribution is -2.49. The maximum atomic E-state index is 13.8. The van der Waals surface area contributed by atoms with Crippen molar-refractivity contribution in [3.63, 3.8) is 0 Å². The summed E-state index contributed by atoms with van der Waals surface area (Å²) in [7, 11) is 1.63. The minimum Gasteiger partial charge on any atom is -0.497 e. The number of nitrogens with zero attached hydrogens (tertiary/aromatic N) is 1. The predicted octanol–water partition coefficient (Wildman–Crippen LogP) is 2.98. The van der Waals surface area contributed by atoms with Crippen molar-refractivity contribution < 1.29 is 18.7 Å². The zero-order valence-corrected chi connectivity index (χ0v) is 16.5. The van der Waals surface area contributed by atoms with Crippen LogP contribution in [0.3, 0.4) is 0 Å². The zero-order chi connectivity index (χ0) is 20.6. The number of likely N-dealkylation sites (tertiary alicyclic amines) is 1. The number of carbonyl (C=O) groups is 2. The third kappa shape index (κ3) is 5.70. The van der Waals surface area contributed by atoms with Crippen LogP contribution in [-0.2, 0) is 6.42 Å². The normalized spacial score (nSPS) is 14.3. The van der Waals surface area contributed by atoms with Gasteiger partial charge in [-0.05, 0) is 49.1 Å². The molecule has 0 atom stereocenters. The van der Waals surface area contributed by atoms with Crippen LogP contribution in [0.4, 0.5) is 9.18 Å². The predicted molar refractivity (Wildman–Crippen MR) is 109 cm³/mol. The number of ether oxygens (including phenoxy) is 1. The molecular weight excluding hydrogens is 373 g/mol. The van der Waals surface area contributed by atoms with Gasteiger partial charge in [0.15, 0.2) is 0 Å². The minimum absolute atomic E-state index is 0.000608. The third-order valence-electron chi connectivity index (χ3n) is 5.08. The molecule has 154 valence electrons. The molecule has 1 fully saturated rings. The Morgan fingerprint density at radius 2 is 1.79 bits per heavy atom. The quantitative estimate of drug-likeness (QED) is 0.785. The molecule has 6 nitrogen and oxygen atoms in total. The highest BCUT2D eigenvalue weighted by Crippen LogP contribution is 2.16. The maximum absolute atomic E-state index is 13.8. The van der Waals surface area contributed by atoms with Gasteiger partial charge in [0.05, 0.1) is 12.7 Å². The number of urea groups is 1. The number of carbonyl (C=O) groups excluding carboxylic acids is 2. The molecule has 0 bridgehead atoms. The Hall–Kier alpha value is -3.09. The molecule has 1 heterocycles. The molecule has 7 heteroatoms. The van der Waals surface area contributed by atoms with Gasteiger partial charge in [0, 0.05) is 25.7 Å². The lowest BCUT2D eigenvalue weighted by molar-refractivity contribution is 0.0703. The molecule has 0 aliphatic carbocycles. The first-order valence-electron chi connectivity index (χ1n) is 9.78. The number of methoxy groups -OCH3 is 1. The second kappa shape index (κ2) is 9.91. The summed E-state index contributed by atoms with van der Waals surface area (Å²) in [4.78, 5) is 26.2. The summed E-state index contributed by atoms with van der Waals surface area (Å²) in [6.45, 7) is 1.51. The van der Waals surface area contributed by atoms with Crippen LogP contribution in [0.2, 0.25) is 0 Å². The second-order valence-electron chi connectivity index (χ2n) is 7.04. The Labute approximate surface area is 170 Å². The lowest BCUT2D eigenvalue weighted by atomic mass is 10.0. The van der Waals surface area contributed by atoms with Crippen LogP contribution < -0.4 is 15.4 Å². The van der Waals surface area contributed by atoms with E-state index in [-0.39, 0.29) is 23.5 Å². The van der Waals surface area contributed by atoms with E-state index in [0.29, 0.717) is 32.5 Å². The Bertz CT molecular complexity index is 833. The first-order valence-corrected chi connectivity index (χ1v) is 9.78. The SMILES string of the molecule is COc1ccc(CCNC(=O)NC2CCN(C(=O)c3ccccc3F)CC2)cc1. The molecule has 29 heavy (non-hydrogen) atoms. The summed E-state index contributed by atoms with van der Waals surface area (Å²) < 4.78 is 18.9. The molecular formula is C22H26FN3O3. The molecule has 0 aromatic heterocycles. The Kier molecular flexibility index (Phi) is 7.05. The number of nitrogens with one attached hydrogen (secondary N) is 2. The zero-order valence-electron chi connectivity index (χ0n) is 16.5. The Morgan fingerprint density at radius 1 is 1.10 bits per heavy atom. The van der Waals surface area contributed by atoms with Crippen LogP contribution in [0.15, 0.2) is 48.5 Å². The number of halogens is 1. The van der Waals surface area contributed by atoms with Crippen molar-refractivity contribution in [2.75, 3.05) is 26.7 Å². The molecule has 0 unspecified atom stereocenters. The van der Waals surface area contributed by atoms with E-state index in [2.05, 4.69) is 10.6 Å². The molecule has 1 aliphatic rings. The van der Waals surface area contributed by atoms with Crippen molar-refractivity contribution in [3.8, 4) is 5.75 Å². The molecule has 2 N–H and O–H groups in total. The van der Waals surface area contributed by atoms with Crippen molar-refractivity contribution in [1.82, 2.24) is 15.5 Å².